The van der Waals surface area contributed by atoms with E-state index in [2.05, 4.69) is 32.8 Å². The van der Waals surface area contributed by atoms with Crippen molar-refractivity contribution in [3.8, 4) is 0 Å². The number of allylic oxidation sites excluding steroid dienone is 2. The molecule has 2 atom stereocenters. The van der Waals surface area contributed by atoms with Crippen molar-refractivity contribution in [1.82, 2.24) is 20.6 Å². The Hall–Kier alpha value is -1.62. The van der Waals surface area contributed by atoms with Gasteiger partial charge in [-0.1, -0.05) is 12.2 Å². The van der Waals surface area contributed by atoms with Gasteiger partial charge in [0.05, 0.1) is 23.8 Å². The molecule has 1 aliphatic heterocycles. The number of hydrogen-bond donors (Lipinski definition) is 3. The third-order valence-electron chi connectivity index (χ3n) is 3.99. The summed E-state index contributed by atoms with van der Waals surface area (Å²) in [5.41, 5.74) is 2.11. The molecule has 5 nitrogen and oxygen atoms in total. The number of hydrogen-bond acceptors (Lipinski definition) is 3. The highest BCUT2D eigenvalue weighted by Gasteiger charge is 2.25. The molecule has 0 fully saturated rings. The van der Waals surface area contributed by atoms with E-state index in [1.54, 1.807) is 6.33 Å². The minimum absolute atomic E-state index is 0.100. The van der Waals surface area contributed by atoms with E-state index < -0.39 is 0 Å². The summed E-state index contributed by atoms with van der Waals surface area (Å²) in [4.78, 5) is 19.5. The molecule has 1 aliphatic carbocycles. The van der Waals surface area contributed by atoms with Crippen LogP contribution in [0.2, 0.25) is 0 Å². The van der Waals surface area contributed by atoms with Crippen molar-refractivity contribution in [2.75, 3.05) is 6.54 Å². The van der Waals surface area contributed by atoms with Crippen LogP contribution in [0, 0.1) is 5.92 Å². The van der Waals surface area contributed by atoms with Crippen LogP contribution in [0.25, 0.3) is 0 Å². The van der Waals surface area contributed by atoms with Crippen molar-refractivity contribution >= 4 is 5.91 Å². The number of aromatic amines is 1. The first-order valence-electron chi connectivity index (χ1n) is 7.00. The summed E-state index contributed by atoms with van der Waals surface area (Å²) in [5.74, 6) is 0.696. The fourth-order valence-electron chi connectivity index (χ4n) is 2.76. The second kappa shape index (κ2) is 5.57. The number of rotatable bonds is 3. The van der Waals surface area contributed by atoms with Gasteiger partial charge in [-0.2, -0.15) is 0 Å². The van der Waals surface area contributed by atoms with E-state index in [9.17, 15) is 4.79 Å². The highest BCUT2D eigenvalue weighted by Crippen LogP contribution is 2.17. The van der Waals surface area contributed by atoms with E-state index >= 15 is 0 Å². The first-order chi connectivity index (χ1) is 9.33. The summed E-state index contributed by atoms with van der Waals surface area (Å²) in [7, 11) is 0. The van der Waals surface area contributed by atoms with E-state index in [0.29, 0.717) is 18.9 Å². The summed E-state index contributed by atoms with van der Waals surface area (Å²) in [6, 6.07) is -0.144. The van der Waals surface area contributed by atoms with Crippen LogP contribution < -0.4 is 10.6 Å². The summed E-state index contributed by atoms with van der Waals surface area (Å²) in [6.45, 7) is 1.48. The Bertz CT molecular complexity index is 480. The molecule has 0 saturated heterocycles. The molecular formula is C14H20N4O. The number of aromatic nitrogens is 2. The Kier molecular flexibility index (Phi) is 3.64. The fraction of sp³-hybridized carbons (Fsp3) is 0.571. The highest BCUT2D eigenvalue weighted by molar-refractivity contribution is 5.82. The van der Waals surface area contributed by atoms with Crippen LogP contribution in [0.15, 0.2) is 18.5 Å². The molecule has 3 N–H and O–H groups in total. The molecule has 2 aliphatic rings. The predicted octanol–water partition coefficient (Wildman–Crippen LogP) is 0.896. The lowest BCUT2D eigenvalue weighted by Crippen LogP contribution is -2.48. The molecular weight excluding hydrogens is 240 g/mol. The maximum absolute atomic E-state index is 12.1. The quantitative estimate of drug-likeness (QED) is 0.707. The molecule has 0 radical (unpaired) electrons. The van der Waals surface area contributed by atoms with Crippen LogP contribution in [0.3, 0.4) is 0 Å². The minimum Gasteiger partial charge on any atom is -0.354 e. The summed E-state index contributed by atoms with van der Waals surface area (Å²) < 4.78 is 0. The normalized spacial score (nSPS) is 25.9. The van der Waals surface area contributed by atoms with Crippen molar-refractivity contribution in [2.24, 2.45) is 5.92 Å². The molecule has 5 heteroatoms. The van der Waals surface area contributed by atoms with Gasteiger partial charge in [-0.15, -0.1) is 0 Å². The molecule has 1 amide bonds. The molecule has 19 heavy (non-hydrogen) atoms. The fourth-order valence-corrected chi connectivity index (χ4v) is 2.76. The lowest BCUT2D eigenvalue weighted by Gasteiger charge is -2.24. The molecule has 3 rings (SSSR count). The van der Waals surface area contributed by atoms with Gasteiger partial charge in [-0.25, -0.2) is 4.98 Å². The standard InChI is InChI=1S/C14H20N4O/c19-14(16-7-10-4-2-1-3-5-10)12-6-11-13(8-15-12)18-9-17-11/h1-2,9-10,12,15H,3-8H2,(H,16,19)(H,17,18). The number of amides is 1. The molecule has 0 saturated carbocycles. The smallest absolute Gasteiger partial charge is 0.237 e. The first-order valence-corrected chi connectivity index (χ1v) is 7.00. The van der Waals surface area contributed by atoms with Crippen LogP contribution in [0.1, 0.15) is 30.7 Å². The lowest BCUT2D eigenvalue weighted by molar-refractivity contribution is -0.123. The molecule has 1 aromatic rings. The van der Waals surface area contributed by atoms with Crippen molar-refractivity contribution < 1.29 is 4.79 Å². The van der Waals surface area contributed by atoms with Gasteiger partial charge >= 0.3 is 0 Å². The third kappa shape index (κ3) is 2.87. The number of nitrogens with zero attached hydrogens (tertiary/aromatic N) is 1. The Morgan fingerprint density at radius 2 is 2.42 bits per heavy atom. The molecule has 1 aromatic heterocycles. The van der Waals surface area contributed by atoms with Crippen molar-refractivity contribution in [3.63, 3.8) is 0 Å². The SMILES string of the molecule is O=C(NCC1CC=CCC1)C1Cc2nc[nH]c2CN1. The third-order valence-corrected chi connectivity index (χ3v) is 3.99. The maximum atomic E-state index is 12.1. The Balaban J connectivity index is 1.50. The first kappa shape index (κ1) is 12.4. The van der Waals surface area contributed by atoms with Gasteiger partial charge in [0.15, 0.2) is 0 Å². The molecule has 2 unspecified atom stereocenters. The number of carbonyl (C=O) groups is 1. The van der Waals surface area contributed by atoms with Gasteiger partial charge in [0, 0.05) is 19.5 Å². The molecule has 0 bridgehead atoms. The summed E-state index contributed by atoms with van der Waals surface area (Å²) in [6.07, 6.45) is 10.2. The average Bonchev–Trinajstić information content (AvgIpc) is 2.93. The van der Waals surface area contributed by atoms with E-state index in [1.807, 2.05) is 0 Å². The minimum atomic E-state index is -0.144. The number of carbonyl (C=O) groups excluding carboxylic acids is 1. The predicted molar refractivity (Wildman–Crippen MR) is 72.4 cm³/mol. The Morgan fingerprint density at radius 1 is 1.47 bits per heavy atom. The van der Waals surface area contributed by atoms with Crippen LogP contribution in [0.5, 0.6) is 0 Å². The van der Waals surface area contributed by atoms with E-state index in [1.165, 1.54) is 6.42 Å². The van der Waals surface area contributed by atoms with E-state index in [-0.39, 0.29) is 11.9 Å². The molecule has 0 spiro atoms. The summed E-state index contributed by atoms with van der Waals surface area (Å²) >= 11 is 0. The van der Waals surface area contributed by atoms with E-state index in [0.717, 1.165) is 30.8 Å². The van der Waals surface area contributed by atoms with Gasteiger partial charge in [0.1, 0.15) is 0 Å². The summed E-state index contributed by atoms with van der Waals surface area (Å²) in [5, 5.41) is 6.32. The van der Waals surface area contributed by atoms with Crippen molar-refractivity contribution in [3.05, 3.63) is 29.9 Å². The molecule has 2 heterocycles. The average molecular weight is 260 g/mol. The van der Waals surface area contributed by atoms with Crippen molar-refractivity contribution in [2.45, 2.75) is 38.3 Å². The zero-order valence-corrected chi connectivity index (χ0v) is 11.0. The second-order valence-corrected chi connectivity index (χ2v) is 5.36. The van der Waals surface area contributed by atoms with Gasteiger partial charge in [-0.3, -0.25) is 10.1 Å². The largest absolute Gasteiger partial charge is 0.354 e. The number of fused-ring (bicyclic) bond motifs is 1. The van der Waals surface area contributed by atoms with E-state index in [4.69, 9.17) is 0 Å². The van der Waals surface area contributed by atoms with Crippen LogP contribution in [-0.2, 0) is 17.8 Å². The topological polar surface area (TPSA) is 69.8 Å². The van der Waals surface area contributed by atoms with Gasteiger partial charge in [-0.05, 0) is 25.2 Å². The lowest BCUT2D eigenvalue weighted by atomic mass is 9.94. The van der Waals surface area contributed by atoms with Gasteiger partial charge in [0.25, 0.3) is 0 Å². The van der Waals surface area contributed by atoms with Gasteiger partial charge < -0.3 is 10.3 Å². The Labute approximate surface area is 112 Å². The molecule has 0 aromatic carbocycles. The number of H-pyrrole nitrogens is 1. The monoisotopic (exact) mass is 260 g/mol. The number of imidazole rings is 1. The zero-order chi connectivity index (χ0) is 13.1. The Morgan fingerprint density at radius 3 is 3.26 bits per heavy atom. The van der Waals surface area contributed by atoms with Crippen LogP contribution >= 0.6 is 0 Å². The molecule has 102 valence electrons. The zero-order valence-electron chi connectivity index (χ0n) is 11.0. The van der Waals surface area contributed by atoms with Crippen molar-refractivity contribution in [1.29, 1.82) is 0 Å². The van der Waals surface area contributed by atoms with Gasteiger partial charge in [0.2, 0.25) is 5.91 Å². The van der Waals surface area contributed by atoms with Crippen LogP contribution in [0.4, 0.5) is 0 Å². The highest BCUT2D eigenvalue weighted by atomic mass is 16.2. The number of nitrogens with one attached hydrogen (secondary N) is 3. The second-order valence-electron chi connectivity index (χ2n) is 5.36. The van der Waals surface area contributed by atoms with Crippen LogP contribution in [-0.4, -0.2) is 28.5 Å². The maximum Gasteiger partial charge on any atom is 0.237 e.